The van der Waals surface area contributed by atoms with Gasteiger partial charge in [0, 0.05) is 18.2 Å². The molecular formula is C17H23N3O. The molecule has 4 nitrogen and oxygen atoms in total. The molecule has 2 aromatic rings. The van der Waals surface area contributed by atoms with E-state index in [1.54, 1.807) is 0 Å². The fourth-order valence-electron chi connectivity index (χ4n) is 3.68. The molecule has 0 radical (unpaired) electrons. The number of aromatic nitrogens is 1. The number of ether oxygens (including phenoxy) is 1. The summed E-state index contributed by atoms with van der Waals surface area (Å²) in [6.07, 6.45) is 6.31. The van der Waals surface area contributed by atoms with Crippen LogP contribution in [-0.2, 0) is 4.74 Å². The van der Waals surface area contributed by atoms with Gasteiger partial charge in [-0.1, -0.05) is 31.0 Å². The largest absolute Gasteiger partial charge is 0.373 e. The SMILES string of the molecule is CCOC1(C(NN)c2cccc3ncccc23)CCCC1. The number of nitrogens with two attached hydrogens (primary N) is 1. The minimum Gasteiger partial charge on any atom is -0.373 e. The van der Waals surface area contributed by atoms with Crippen LogP contribution in [0.15, 0.2) is 36.5 Å². The molecule has 1 aromatic heterocycles. The zero-order chi connectivity index (χ0) is 14.7. The fraction of sp³-hybridized carbons (Fsp3) is 0.471. The highest BCUT2D eigenvalue weighted by Gasteiger charge is 2.43. The summed E-state index contributed by atoms with van der Waals surface area (Å²) in [6, 6.07) is 10.3. The van der Waals surface area contributed by atoms with Gasteiger partial charge in [-0.3, -0.25) is 16.3 Å². The van der Waals surface area contributed by atoms with Gasteiger partial charge in [-0.25, -0.2) is 0 Å². The van der Waals surface area contributed by atoms with E-state index >= 15 is 0 Å². The molecule has 3 rings (SSSR count). The summed E-state index contributed by atoms with van der Waals surface area (Å²) < 4.78 is 6.18. The first kappa shape index (κ1) is 14.4. The van der Waals surface area contributed by atoms with Crippen LogP contribution < -0.4 is 11.3 Å². The number of hydrazine groups is 1. The van der Waals surface area contributed by atoms with Gasteiger partial charge < -0.3 is 4.74 Å². The Balaban J connectivity index is 2.09. The topological polar surface area (TPSA) is 60.2 Å². The molecule has 1 aliphatic rings. The lowest BCUT2D eigenvalue weighted by Gasteiger charge is -2.37. The normalized spacial score (nSPS) is 19.0. The van der Waals surface area contributed by atoms with Crippen molar-refractivity contribution in [3.8, 4) is 0 Å². The van der Waals surface area contributed by atoms with Gasteiger partial charge in [-0.2, -0.15) is 0 Å². The van der Waals surface area contributed by atoms with E-state index in [9.17, 15) is 0 Å². The number of hydrogen-bond donors (Lipinski definition) is 2. The van der Waals surface area contributed by atoms with E-state index in [4.69, 9.17) is 10.6 Å². The van der Waals surface area contributed by atoms with Crippen molar-refractivity contribution in [3.63, 3.8) is 0 Å². The summed E-state index contributed by atoms with van der Waals surface area (Å²) in [4.78, 5) is 4.44. The molecular weight excluding hydrogens is 262 g/mol. The van der Waals surface area contributed by atoms with Gasteiger partial charge in [0.2, 0.25) is 0 Å². The number of nitrogens with one attached hydrogen (secondary N) is 1. The Morgan fingerprint density at radius 2 is 2.10 bits per heavy atom. The smallest absolute Gasteiger partial charge is 0.0889 e. The van der Waals surface area contributed by atoms with E-state index < -0.39 is 0 Å². The van der Waals surface area contributed by atoms with Crippen molar-refractivity contribution in [2.24, 2.45) is 5.84 Å². The number of nitrogens with zero attached hydrogens (tertiary/aromatic N) is 1. The lowest BCUT2D eigenvalue weighted by atomic mass is 9.85. The minimum absolute atomic E-state index is 0.00662. The van der Waals surface area contributed by atoms with Gasteiger partial charge in [0.05, 0.1) is 17.2 Å². The molecule has 21 heavy (non-hydrogen) atoms. The molecule has 0 spiro atoms. The Bertz CT molecular complexity index is 603. The van der Waals surface area contributed by atoms with Crippen LogP contribution in [0.25, 0.3) is 10.9 Å². The predicted octanol–water partition coefficient (Wildman–Crippen LogP) is 3.09. The molecule has 1 aromatic carbocycles. The predicted molar refractivity (Wildman–Crippen MR) is 84.6 cm³/mol. The summed E-state index contributed by atoms with van der Waals surface area (Å²) in [5.74, 6) is 5.94. The average molecular weight is 285 g/mol. The Morgan fingerprint density at radius 1 is 1.29 bits per heavy atom. The van der Waals surface area contributed by atoms with Crippen molar-refractivity contribution in [2.75, 3.05) is 6.61 Å². The van der Waals surface area contributed by atoms with Crippen LogP contribution >= 0.6 is 0 Å². The van der Waals surface area contributed by atoms with Crippen LogP contribution in [0.2, 0.25) is 0 Å². The molecule has 0 amide bonds. The van der Waals surface area contributed by atoms with Gasteiger partial charge in [-0.15, -0.1) is 0 Å². The van der Waals surface area contributed by atoms with Crippen molar-refractivity contribution in [2.45, 2.75) is 44.2 Å². The summed E-state index contributed by atoms with van der Waals surface area (Å²) in [5.41, 5.74) is 5.00. The van der Waals surface area contributed by atoms with E-state index in [1.807, 2.05) is 24.4 Å². The molecule has 1 heterocycles. The number of hydrogen-bond acceptors (Lipinski definition) is 4. The summed E-state index contributed by atoms with van der Waals surface area (Å²) >= 11 is 0. The summed E-state index contributed by atoms with van der Waals surface area (Å²) in [7, 11) is 0. The number of rotatable bonds is 5. The van der Waals surface area contributed by atoms with E-state index in [0.717, 1.165) is 23.7 Å². The van der Waals surface area contributed by atoms with Crippen LogP contribution in [-0.4, -0.2) is 17.2 Å². The zero-order valence-electron chi connectivity index (χ0n) is 12.5. The van der Waals surface area contributed by atoms with Gasteiger partial charge in [0.25, 0.3) is 0 Å². The van der Waals surface area contributed by atoms with E-state index in [-0.39, 0.29) is 11.6 Å². The van der Waals surface area contributed by atoms with Crippen molar-refractivity contribution in [1.29, 1.82) is 0 Å². The molecule has 1 aliphatic carbocycles. The highest BCUT2D eigenvalue weighted by molar-refractivity contribution is 5.82. The molecule has 1 fully saturated rings. The minimum atomic E-state index is -0.201. The van der Waals surface area contributed by atoms with E-state index in [2.05, 4.69) is 29.5 Å². The van der Waals surface area contributed by atoms with Crippen molar-refractivity contribution in [3.05, 3.63) is 42.1 Å². The second kappa shape index (κ2) is 6.10. The summed E-state index contributed by atoms with van der Waals surface area (Å²) in [6.45, 7) is 2.76. The molecule has 1 atom stereocenters. The Hall–Kier alpha value is -1.49. The third-order valence-corrected chi connectivity index (χ3v) is 4.56. The van der Waals surface area contributed by atoms with Gasteiger partial charge in [0.1, 0.15) is 0 Å². The monoisotopic (exact) mass is 285 g/mol. The molecule has 0 aliphatic heterocycles. The van der Waals surface area contributed by atoms with E-state index in [0.29, 0.717) is 6.61 Å². The van der Waals surface area contributed by atoms with E-state index in [1.165, 1.54) is 18.4 Å². The van der Waals surface area contributed by atoms with Gasteiger partial charge >= 0.3 is 0 Å². The Labute approximate surface area is 125 Å². The first-order chi connectivity index (χ1) is 10.3. The molecule has 3 N–H and O–H groups in total. The molecule has 112 valence electrons. The third kappa shape index (κ3) is 2.55. The molecule has 0 bridgehead atoms. The highest BCUT2D eigenvalue weighted by Crippen LogP contribution is 2.44. The van der Waals surface area contributed by atoms with Crippen LogP contribution in [0.3, 0.4) is 0 Å². The standard InChI is InChI=1S/C17H23N3O/c1-2-21-17(10-3-4-11-17)16(20-18)14-7-5-9-15-13(14)8-6-12-19-15/h5-9,12,16,20H,2-4,10-11,18H2,1H3. The molecule has 1 unspecified atom stereocenters. The van der Waals surface area contributed by atoms with Crippen molar-refractivity contribution >= 4 is 10.9 Å². The van der Waals surface area contributed by atoms with Crippen LogP contribution in [0.1, 0.15) is 44.2 Å². The van der Waals surface area contributed by atoms with Crippen molar-refractivity contribution in [1.82, 2.24) is 10.4 Å². The lowest BCUT2D eigenvalue weighted by molar-refractivity contribution is -0.0624. The quantitative estimate of drug-likeness (QED) is 0.654. The number of pyridine rings is 1. The van der Waals surface area contributed by atoms with Crippen LogP contribution in [0.5, 0.6) is 0 Å². The number of fused-ring (bicyclic) bond motifs is 1. The first-order valence-corrected chi connectivity index (χ1v) is 7.74. The molecule has 4 heteroatoms. The number of benzene rings is 1. The Kier molecular flexibility index (Phi) is 4.19. The van der Waals surface area contributed by atoms with Crippen molar-refractivity contribution < 1.29 is 4.74 Å². The second-order valence-corrected chi connectivity index (χ2v) is 5.72. The third-order valence-electron chi connectivity index (χ3n) is 4.56. The summed E-state index contributed by atoms with van der Waals surface area (Å²) in [5, 5.41) is 1.15. The second-order valence-electron chi connectivity index (χ2n) is 5.72. The lowest BCUT2D eigenvalue weighted by Crippen LogP contribution is -2.47. The van der Waals surface area contributed by atoms with Crippen LogP contribution in [0.4, 0.5) is 0 Å². The Morgan fingerprint density at radius 3 is 2.81 bits per heavy atom. The maximum atomic E-state index is 6.18. The highest BCUT2D eigenvalue weighted by atomic mass is 16.5. The maximum Gasteiger partial charge on any atom is 0.0889 e. The maximum absolute atomic E-state index is 6.18. The fourth-order valence-corrected chi connectivity index (χ4v) is 3.68. The molecule has 0 saturated heterocycles. The first-order valence-electron chi connectivity index (χ1n) is 7.74. The van der Waals surface area contributed by atoms with Crippen LogP contribution in [0, 0.1) is 0 Å². The van der Waals surface area contributed by atoms with Gasteiger partial charge in [-0.05, 0) is 37.5 Å². The molecule has 1 saturated carbocycles. The average Bonchev–Trinajstić information content (AvgIpc) is 2.98. The zero-order valence-corrected chi connectivity index (χ0v) is 12.5. The van der Waals surface area contributed by atoms with Gasteiger partial charge in [0.15, 0.2) is 0 Å².